The van der Waals surface area contributed by atoms with Crippen molar-refractivity contribution in [2.75, 3.05) is 6.26 Å². The standard InChI is InChI=1S/C27H27N7O2S/c1-3-4-14-34-16-20(17-6-11-29-23(17)26(34)35)21-15-22(27(9-5-10-27)37(2,28)36)33-25(32-21)19-8-13-31-24-18(19)7-12-30-24/h3,6-8,11-13,15-16,28-29H,1,4-5,9-10,14H2,2H3,(H,30,31)/t37-/m1/s1. The Bertz CT molecular complexity index is 1840. The van der Waals surface area contributed by atoms with Crippen molar-refractivity contribution in [2.24, 2.45) is 0 Å². The molecular weight excluding hydrogens is 486 g/mol. The molecule has 1 atom stereocenters. The molecule has 9 nitrogen and oxygen atoms in total. The largest absolute Gasteiger partial charge is 0.357 e. The molecule has 0 bridgehead atoms. The number of rotatable bonds is 7. The van der Waals surface area contributed by atoms with Crippen molar-refractivity contribution in [1.82, 2.24) is 29.5 Å². The van der Waals surface area contributed by atoms with E-state index in [-0.39, 0.29) is 5.56 Å². The van der Waals surface area contributed by atoms with Crippen LogP contribution >= 0.6 is 0 Å². The Morgan fingerprint density at radius 1 is 1.16 bits per heavy atom. The molecule has 0 radical (unpaired) electrons. The second-order valence-corrected chi connectivity index (χ2v) is 12.1. The zero-order chi connectivity index (χ0) is 25.8. The molecule has 5 aromatic heterocycles. The molecule has 0 saturated heterocycles. The number of hydrogen-bond acceptors (Lipinski definition) is 6. The minimum Gasteiger partial charge on any atom is -0.357 e. The van der Waals surface area contributed by atoms with Gasteiger partial charge in [0.15, 0.2) is 5.82 Å². The molecule has 37 heavy (non-hydrogen) atoms. The van der Waals surface area contributed by atoms with Gasteiger partial charge in [0.25, 0.3) is 5.56 Å². The Morgan fingerprint density at radius 3 is 2.68 bits per heavy atom. The van der Waals surface area contributed by atoms with Gasteiger partial charge in [0, 0.05) is 59.5 Å². The maximum atomic E-state index is 13.3. The first-order valence-corrected chi connectivity index (χ1v) is 14.2. The summed E-state index contributed by atoms with van der Waals surface area (Å²) >= 11 is 0. The van der Waals surface area contributed by atoms with Crippen LogP contribution in [-0.4, -0.2) is 40.0 Å². The highest BCUT2D eigenvalue weighted by Gasteiger charge is 2.47. The fraction of sp³-hybridized carbons (Fsp3) is 0.259. The third-order valence-corrected chi connectivity index (χ3v) is 9.56. The molecule has 5 aromatic rings. The molecule has 0 unspecified atom stereocenters. The van der Waals surface area contributed by atoms with Crippen LogP contribution in [0.5, 0.6) is 0 Å². The highest BCUT2D eigenvalue weighted by Crippen LogP contribution is 2.48. The molecule has 5 heterocycles. The number of aromatic amines is 2. The minimum atomic E-state index is -2.95. The van der Waals surface area contributed by atoms with E-state index < -0.39 is 14.5 Å². The fourth-order valence-corrected chi connectivity index (χ4v) is 6.81. The first kappa shape index (κ1) is 23.4. The number of aryl methyl sites for hydroxylation is 1. The van der Waals surface area contributed by atoms with Gasteiger partial charge in [-0.2, -0.15) is 0 Å². The van der Waals surface area contributed by atoms with E-state index in [1.807, 2.05) is 36.7 Å². The Labute approximate surface area is 213 Å². The van der Waals surface area contributed by atoms with Crippen LogP contribution in [0, 0.1) is 4.78 Å². The normalized spacial score (nSPS) is 16.5. The molecule has 10 heteroatoms. The Hall–Kier alpha value is -4.05. The zero-order valence-electron chi connectivity index (χ0n) is 20.5. The lowest BCUT2D eigenvalue weighted by Crippen LogP contribution is -2.42. The summed E-state index contributed by atoms with van der Waals surface area (Å²) in [5.74, 6) is 0.474. The summed E-state index contributed by atoms with van der Waals surface area (Å²) in [5, 5.41) is 1.63. The van der Waals surface area contributed by atoms with Crippen LogP contribution in [0.2, 0.25) is 0 Å². The lowest BCUT2D eigenvalue weighted by Gasteiger charge is -2.41. The van der Waals surface area contributed by atoms with E-state index in [2.05, 4.69) is 21.5 Å². The second-order valence-electron chi connectivity index (χ2n) is 9.64. The Morgan fingerprint density at radius 2 is 1.95 bits per heavy atom. The van der Waals surface area contributed by atoms with Gasteiger partial charge in [-0.15, -0.1) is 6.58 Å². The summed E-state index contributed by atoms with van der Waals surface area (Å²) in [5.41, 5.74) is 3.89. The van der Waals surface area contributed by atoms with Crippen molar-refractivity contribution < 1.29 is 4.21 Å². The summed E-state index contributed by atoms with van der Waals surface area (Å²) in [7, 11) is -2.95. The van der Waals surface area contributed by atoms with Crippen molar-refractivity contribution in [3.8, 4) is 22.6 Å². The summed E-state index contributed by atoms with van der Waals surface area (Å²) in [4.78, 5) is 33.6. The predicted octanol–water partition coefficient (Wildman–Crippen LogP) is 4.96. The molecular formula is C27H27N7O2S. The summed E-state index contributed by atoms with van der Waals surface area (Å²) in [6.45, 7) is 4.27. The number of pyridine rings is 2. The highest BCUT2D eigenvalue weighted by atomic mass is 32.2. The molecule has 1 aliphatic carbocycles. The van der Waals surface area contributed by atoms with Crippen LogP contribution in [0.15, 0.2) is 66.5 Å². The van der Waals surface area contributed by atoms with Crippen molar-refractivity contribution in [3.05, 3.63) is 77.8 Å². The molecule has 0 aromatic carbocycles. The molecule has 1 saturated carbocycles. The van der Waals surface area contributed by atoms with Crippen LogP contribution in [-0.2, 0) is 21.0 Å². The van der Waals surface area contributed by atoms with Crippen molar-refractivity contribution in [1.29, 1.82) is 4.78 Å². The van der Waals surface area contributed by atoms with Gasteiger partial charge in [0.05, 0.1) is 25.9 Å². The van der Waals surface area contributed by atoms with Gasteiger partial charge < -0.3 is 14.5 Å². The summed E-state index contributed by atoms with van der Waals surface area (Å²) in [6, 6.07) is 7.53. The molecule has 3 N–H and O–H groups in total. The van der Waals surface area contributed by atoms with E-state index in [4.69, 9.17) is 14.7 Å². The molecule has 6 rings (SSSR count). The van der Waals surface area contributed by atoms with Crippen molar-refractivity contribution in [3.63, 3.8) is 0 Å². The fourth-order valence-electron chi connectivity index (χ4n) is 5.24. The van der Waals surface area contributed by atoms with E-state index in [9.17, 15) is 9.00 Å². The van der Waals surface area contributed by atoms with E-state index in [0.29, 0.717) is 48.5 Å². The first-order chi connectivity index (χ1) is 17.8. The van der Waals surface area contributed by atoms with Crippen LogP contribution < -0.4 is 5.56 Å². The van der Waals surface area contributed by atoms with Crippen molar-refractivity contribution >= 4 is 31.7 Å². The number of allylic oxidation sites excluding steroid dienone is 1. The zero-order valence-corrected chi connectivity index (χ0v) is 21.3. The van der Waals surface area contributed by atoms with Gasteiger partial charge in [0.2, 0.25) is 0 Å². The van der Waals surface area contributed by atoms with Crippen LogP contribution in [0.4, 0.5) is 0 Å². The van der Waals surface area contributed by atoms with Crippen LogP contribution in [0.25, 0.3) is 44.6 Å². The maximum Gasteiger partial charge on any atom is 0.274 e. The van der Waals surface area contributed by atoms with Gasteiger partial charge >= 0.3 is 0 Å². The summed E-state index contributed by atoms with van der Waals surface area (Å²) < 4.78 is 22.7. The van der Waals surface area contributed by atoms with Crippen LogP contribution in [0.3, 0.4) is 0 Å². The van der Waals surface area contributed by atoms with Gasteiger partial charge in [-0.1, -0.05) is 6.08 Å². The topological polar surface area (TPSA) is 133 Å². The number of H-pyrrole nitrogens is 2. The van der Waals surface area contributed by atoms with Crippen LogP contribution in [0.1, 0.15) is 31.4 Å². The first-order valence-electron chi connectivity index (χ1n) is 12.2. The average Bonchev–Trinajstić information content (AvgIpc) is 3.52. The molecule has 0 amide bonds. The number of nitrogens with zero attached hydrogens (tertiary/aromatic N) is 4. The van der Waals surface area contributed by atoms with Crippen molar-refractivity contribution in [2.45, 2.75) is 37.0 Å². The molecule has 0 spiro atoms. The Balaban J connectivity index is 1.66. The lowest BCUT2D eigenvalue weighted by molar-refractivity contribution is 0.350. The summed E-state index contributed by atoms with van der Waals surface area (Å²) in [6.07, 6.45) is 13.2. The third-order valence-electron chi connectivity index (χ3n) is 7.45. The maximum absolute atomic E-state index is 13.3. The number of nitrogens with one attached hydrogen (secondary N) is 3. The smallest absolute Gasteiger partial charge is 0.274 e. The van der Waals surface area contributed by atoms with Gasteiger partial charge in [-0.3, -0.25) is 9.57 Å². The monoisotopic (exact) mass is 513 g/mol. The second kappa shape index (κ2) is 8.52. The molecule has 0 aliphatic heterocycles. The Kier molecular flexibility index (Phi) is 5.38. The SMILES string of the molecule is C=CCCn1cc(-c2cc(C3([S@](C)(=N)=O)CCC3)nc(-c3ccnc4[nH]ccc34)n2)c2cc[nH]c2c1=O. The highest BCUT2D eigenvalue weighted by molar-refractivity contribution is 7.92. The predicted molar refractivity (Wildman–Crippen MR) is 146 cm³/mol. The van der Waals surface area contributed by atoms with Gasteiger partial charge in [0.1, 0.15) is 11.2 Å². The quantitative estimate of drug-likeness (QED) is 0.265. The minimum absolute atomic E-state index is 0.110. The van der Waals surface area contributed by atoms with E-state index in [1.165, 1.54) is 6.26 Å². The van der Waals surface area contributed by atoms with Gasteiger partial charge in [-0.25, -0.2) is 19.2 Å². The van der Waals surface area contributed by atoms with E-state index in [1.54, 1.807) is 23.0 Å². The van der Waals surface area contributed by atoms with Gasteiger partial charge in [-0.05, 0) is 49.9 Å². The molecule has 1 aliphatic rings. The molecule has 188 valence electrons. The third kappa shape index (κ3) is 3.62. The number of hydrogen-bond donors (Lipinski definition) is 3. The lowest BCUT2D eigenvalue weighted by atomic mass is 9.81. The average molecular weight is 514 g/mol. The molecule has 1 fully saturated rings. The van der Waals surface area contributed by atoms with E-state index >= 15 is 0 Å². The number of fused-ring (bicyclic) bond motifs is 2. The van der Waals surface area contributed by atoms with E-state index in [0.717, 1.165) is 34.0 Å². The number of aromatic nitrogens is 6.